The van der Waals surface area contributed by atoms with Crippen LogP contribution in [0, 0.1) is 0 Å². The van der Waals surface area contributed by atoms with Crippen molar-refractivity contribution in [2.45, 2.75) is 77.1 Å². The minimum atomic E-state index is -0.449. The summed E-state index contributed by atoms with van der Waals surface area (Å²) in [6.07, 6.45) is 5.19. The summed E-state index contributed by atoms with van der Waals surface area (Å²) in [6, 6.07) is 0. The van der Waals surface area contributed by atoms with Gasteiger partial charge >= 0.3 is 6.09 Å². The van der Waals surface area contributed by atoms with Crippen LogP contribution in [0.2, 0.25) is 0 Å². The van der Waals surface area contributed by atoms with E-state index in [1.165, 1.54) is 0 Å². The second kappa shape index (κ2) is 7.18. The highest BCUT2D eigenvalue weighted by Gasteiger charge is 2.41. The van der Waals surface area contributed by atoms with E-state index in [-0.39, 0.29) is 11.7 Å². The molecule has 0 radical (unpaired) electrons. The monoisotopic (exact) mass is 313 g/mol. The minimum absolute atomic E-state index is 0.213. The molecule has 0 spiro atoms. The Morgan fingerprint density at radius 2 is 2.18 bits per heavy atom. The zero-order chi connectivity index (χ0) is 16.2. The summed E-state index contributed by atoms with van der Waals surface area (Å²) >= 11 is 0. The van der Waals surface area contributed by atoms with Gasteiger partial charge in [-0.1, -0.05) is 6.92 Å². The van der Waals surface area contributed by atoms with E-state index in [1.807, 2.05) is 20.8 Å². The summed E-state index contributed by atoms with van der Waals surface area (Å²) in [4.78, 5) is 14.0. The number of carbonyl (C=O) groups excluding carboxylic acids is 1. The van der Waals surface area contributed by atoms with E-state index >= 15 is 0 Å². The van der Waals surface area contributed by atoms with Gasteiger partial charge in [0.2, 0.25) is 0 Å². The predicted molar refractivity (Wildman–Crippen MR) is 85.0 cm³/mol. The molecule has 2 aliphatic heterocycles. The average molecular weight is 313 g/mol. The molecule has 0 aliphatic carbocycles. The number of rotatable bonds is 5. The summed E-state index contributed by atoms with van der Waals surface area (Å²) in [5.41, 5.74) is -0.662. The molecule has 0 aromatic rings. The highest BCUT2D eigenvalue weighted by molar-refractivity contribution is 5.68. The number of hydrogen-bond donors (Lipinski definition) is 0. The van der Waals surface area contributed by atoms with Crippen molar-refractivity contribution in [1.29, 1.82) is 0 Å². The molecule has 2 heterocycles. The lowest BCUT2D eigenvalue weighted by molar-refractivity contribution is -0.0544. The van der Waals surface area contributed by atoms with E-state index in [0.717, 1.165) is 38.7 Å². The molecular weight excluding hydrogens is 282 g/mol. The minimum Gasteiger partial charge on any atom is -0.444 e. The van der Waals surface area contributed by atoms with Gasteiger partial charge in [0, 0.05) is 19.8 Å². The average Bonchev–Trinajstić information content (AvgIpc) is 3.07. The van der Waals surface area contributed by atoms with Gasteiger partial charge in [0.1, 0.15) is 5.60 Å². The van der Waals surface area contributed by atoms with Gasteiger partial charge in [-0.25, -0.2) is 4.79 Å². The van der Waals surface area contributed by atoms with Crippen molar-refractivity contribution in [2.24, 2.45) is 0 Å². The van der Waals surface area contributed by atoms with Gasteiger partial charge in [0.05, 0.1) is 18.2 Å². The molecule has 2 rings (SSSR count). The van der Waals surface area contributed by atoms with Crippen LogP contribution in [0.15, 0.2) is 0 Å². The van der Waals surface area contributed by atoms with Crippen LogP contribution in [0.3, 0.4) is 0 Å². The molecule has 128 valence electrons. The van der Waals surface area contributed by atoms with Gasteiger partial charge in [-0.05, 0) is 52.9 Å². The molecule has 2 unspecified atom stereocenters. The molecule has 0 aromatic carbocycles. The number of hydrogen-bond acceptors (Lipinski definition) is 4. The molecule has 5 heteroatoms. The molecule has 0 aromatic heterocycles. The summed E-state index contributed by atoms with van der Waals surface area (Å²) in [5, 5.41) is 0. The summed E-state index contributed by atoms with van der Waals surface area (Å²) in [5.74, 6) is 0. The summed E-state index contributed by atoms with van der Waals surface area (Å²) < 4.78 is 17.3. The van der Waals surface area contributed by atoms with Crippen LogP contribution in [0.1, 0.15) is 59.8 Å². The van der Waals surface area contributed by atoms with E-state index in [1.54, 1.807) is 4.90 Å². The second-order valence-corrected chi connectivity index (χ2v) is 7.46. The molecule has 2 aliphatic rings. The highest BCUT2D eigenvalue weighted by Crippen LogP contribution is 2.30. The molecular formula is C17H31NO4. The Labute approximate surface area is 134 Å². The van der Waals surface area contributed by atoms with Crippen LogP contribution >= 0.6 is 0 Å². The van der Waals surface area contributed by atoms with Gasteiger partial charge in [0.25, 0.3) is 0 Å². The van der Waals surface area contributed by atoms with Crippen molar-refractivity contribution in [3.8, 4) is 0 Å². The topological polar surface area (TPSA) is 48.0 Å². The first-order valence-electron chi connectivity index (χ1n) is 8.57. The van der Waals surface area contributed by atoms with Crippen molar-refractivity contribution < 1.29 is 19.0 Å². The van der Waals surface area contributed by atoms with Gasteiger partial charge in [-0.2, -0.15) is 0 Å². The Balaban J connectivity index is 1.79. The lowest BCUT2D eigenvalue weighted by atomic mass is 9.99. The van der Waals surface area contributed by atoms with Gasteiger partial charge in [-0.3, -0.25) is 0 Å². The van der Waals surface area contributed by atoms with Crippen LogP contribution in [0.4, 0.5) is 4.79 Å². The Morgan fingerprint density at radius 3 is 2.77 bits per heavy atom. The van der Waals surface area contributed by atoms with E-state index < -0.39 is 5.60 Å². The molecule has 2 fully saturated rings. The van der Waals surface area contributed by atoms with Crippen LogP contribution in [-0.2, 0) is 14.2 Å². The lowest BCUT2D eigenvalue weighted by Crippen LogP contribution is -2.40. The molecule has 0 N–H and O–H groups in total. The molecule has 22 heavy (non-hydrogen) atoms. The zero-order valence-corrected chi connectivity index (χ0v) is 14.5. The Bertz CT molecular complexity index is 373. The van der Waals surface area contributed by atoms with Gasteiger partial charge < -0.3 is 19.1 Å². The van der Waals surface area contributed by atoms with Crippen LogP contribution in [0.5, 0.6) is 0 Å². The first-order chi connectivity index (χ1) is 10.3. The number of likely N-dealkylation sites (tertiary alicyclic amines) is 1. The van der Waals surface area contributed by atoms with Crippen LogP contribution in [-0.4, -0.2) is 54.6 Å². The fourth-order valence-electron chi connectivity index (χ4n) is 3.11. The van der Waals surface area contributed by atoms with Crippen molar-refractivity contribution in [2.75, 3.05) is 26.3 Å². The first kappa shape index (κ1) is 17.5. The molecule has 0 bridgehead atoms. The lowest BCUT2D eigenvalue weighted by Gasteiger charge is -2.30. The second-order valence-electron chi connectivity index (χ2n) is 7.46. The Morgan fingerprint density at radius 1 is 1.41 bits per heavy atom. The van der Waals surface area contributed by atoms with Crippen LogP contribution in [0.25, 0.3) is 0 Å². The third-order valence-electron chi connectivity index (χ3n) is 4.48. The summed E-state index contributed by atoms with van der Waals surface area (Å²) in [6.45, 7) is 10.7. The molecule has 2 saturated heterocycles. The zero-order valence-electron chi connectivity index (χ0n) is 14.5. The number of carbonyl (C=O) groups is 1. The maximum Gasteiger partial charge on any atom is 0.410 e. The number of nitrogens with zero attached hydrogens (tertiary/aromatic N) is 1. The number of ether oxygens (including phenoxy) is 3. The van der Waals surface area contributed by atoms with Crippen LogP contribution < -0.4 is 0 Å². The fraction of sp³-hybridized carbons (Fsp3) is 0.941. The van der Waals surface area contributed by atoms with Gasteiger partial charge in [0.15, 0.2) is 0 Å². The highest BCUT2D eigenvalue weighted by atomic mass is 16.6. The molecule has 2 atom stereocenters. The van der Waals surface area contributed by atoms with Crippen molar-refractivity contribution in [3.05, 3.63) is 0 Å². The van der Waals surface area contributed by atoms with Gasteiger partial charge in [-0.15, -0.1) is 0 Å². The standard InChI is InChI=1S/C17H31NO4/c1-5-17(21-12-8-14-7-6-11-20-14)9-10-18(13-17)15(19)22-16(2,3)4/h14H,5-13H2,1-4H3. The van der Waals surface area contributed by atoms with Crippen molar-refractivity contribution in [3.63, 3.8) is 0 Å². The fourth-order valence-corrected chi connectivity index (χ4v) is 3.11. The van der Waals surface area contributed by atoms with E-state index in [2.05, 4.69) is 6.92 Å². The Hall–Kier alpha value is -0.810. The maximum atomic E-state index is 12.2. The Kier molecular flexibility index (Phi) is 5.72. The first-order valence-corrected chi connectivity index (χ1v) is 8.57. The normalized spacial score (nSPS) is 29.1. The molecule has 5 nitrogen and oxygen atoms in total. The summed E-state index contributed by atoms with van der Waals surface area (Å²) in [7, 11) is 0. The van der Waals surface area contributed by atoms with Crippen molar-refractivity contribution in [1.82, 2.24) is 4.90 Å². The smallest absolute Gasteiger partial charge is 0.410 e. The SMILES string of the molecule is CCC1(OCCC2CCCO2)CCN(C(=O)OC(C)(C)C)C1. The maximum absolute atomic E-state index is 12.2. The van der Waals surface area contributed by atoms with E-state index in [0.29, 0.717) is 25.8 Å². The third kappa shape index (κ3) is 4.85. The predicted octanol–water partition coefficient (Wildman–Crippen LogP) is 3.36. The molecule has 0 saturated carbocycles. The third-order valence-corrected chi connectivity index (χ3v) is 4.48. The largest absolute Gasteiger partial charge is 0.444 e. The number of amides is 1. The van der Waals surface area contributed by atoms with Crippen molar-refractivity contribution >= 4 is 6.09 Å². The molecule has 1 amide bonds. The quantitative estimate of drug-likeness (QED) is 0.781. The van der Waals surface area contributed by atoms with E-state index in [4.69, 9.17) is 14.2 Å². The van der Waals surface area contributed by atoms with E-state index in [9.17, 15) is 4.79 Å².